The summed E-state index contributed by atoms with van der Waals surface area (Å²) in [6.07, 6.45) is 3.22. The second-order valence-electron chi connectivity index (χ2n) is 4.82. The minimum absolute atomic E-state index is 0.193. The number of hydrogen-bond acceptors (Lipinski definition) is 3. The van der Waals surface area contributed by atoms with Crippen molar-refractivity contribution in [3.05, 3.63) is 22.4 Å². The predicted molar refractivity (Wildman–Crippen MR) is 71.1 cm³/mol. The van der Waals surface area contributed by atoms with Gasteiger partial charge in [-0.1, -0.05) is 6.07 Å². The van der Waals surface area contributed by atoms with E-state index in [2.05, 4.69) is 22.8 Å². The summed E-state index contributed by atoms with van der Waals surface area (Å²) < 4.78 is 0. The molecule has 2 rings (SSSR count). The van der Waals surface area contributed by atoms with Crippen molar-refractivity contribution >= 4 is 17.2 Å². The summed E-state index contributed by atoms with van der Waals surface area (Å²) in [7, 11) is 3.61. The van der Waals surface area contributed by atoms with E-state index in [0.717, 1.165) is 12.5 Å². The van der Waals surface area contributed by atoms with Gasteiger partial charge >= 0.3 is 0 Å². The topological polar surface area (TPSA) is 32.3 Å². The fourth-order valence-electron chi connectivity index (χ4n) is 1.96. The molecule has 0 spiro atoms. The van der Waals surface area contributed by atoms with E-state index in [0.29, 0.717) is 12.5 Å². The van der Waals surface area contributed by atoms with E-state index in [1.807, 2.05) is 0 Å². The molecule has 0 aromatic carbocycles. The lowest BCUT2D eigenvalue weighted by Gasteiger charge is -2.17. The third-order valence-electron chi connectivity index (χ3n) is 3.15. The molecular formula is C13H20N2OS. The summed E-state index contributed by atoms with van der Waals surface area (Å²) in [6.45, 7) is 0.774. The van der Waals surface area contributed by atoms with Crippen molar-refractivity contribution in [2.45, 2.75) is 25.3 Å². The molecule has 0 saturated heterocycles. The zero-order valence-corrected chi connectivity index (χ0v) is 11.3. The highest BCUT2D eigenvalue weighted by molar-refractivity contribution is 7.10. The number of rotatable bonds is 6. The lowest BCUT2D eigenvalue weighted by molar-refractivity contribution is -0.128. The van der Waals surface area contributed by atoms with Gasteiger partial charge in [0.1, 0.15) is 0 Å². The van der Waals surface area contributed by atoms with Crippen LogP contribution >= 0.6 is 11.3 Å². The van der Waals surface area contributed by atoms with E-state index in [9.17, 15) is 4.79 Å². The highest BCUT2D eigenvalue weighted by atomic mass is 32.1. The van der Waals surface area contributed by atoms with Crippen LogP contribution in [-0.2, 0) is 4.79 Å². The predicted octanol–water partition coefficient (Wildman–Crippen LogP) is 2.27. The summed E-state index contributed by atoms with van der Waals surface area (Å²) in [6, 6.07) is 4.75. The van der Waals surface area contributed by atoms with Gasteiger partial charge in [-0.3, -0.25) is 4.79 Å². The Bertz CT molecular complexity index is 358. The first-order chi connectivity index (χ1) is 8.18. The second kappa shape index (κ2) is 5.65. The molecule has 0 bridgehead atoms. The van der Waals surface area contributed by atoms with Crippen LogP contribution in [0.3, 0.4) is 0 Å². The molecule has 3 nitrogen and oxygen atoms in total. The Labute approximate surface area is 107 Å². The molecule has 1 fully saturated rings. The van der Waals surface area contributed by atoms with Crippen molar-refractivity contribution < 1.29 is 4.79 Å². The first-order valence-electron chi connectivity index (χ1n) is 6.15. The summed E-state index contributed by atoms with van der Waals surface area (Å²) in [5.74, 6) is 0.973. The summed E-state index contributed by atoms with van der Waals surface area (Å²) >= 11 is 1.81. The van der Waals surface area contributed by atoms with E-state index >= 15 is 0 Å². The van der Waals surface area contributed by atoms with Crippen molar-refractivity contribution in [1.29, 1.82) is 0 Å². The quantitative estimate of drug-likeness (QED) is 0.842. The number of hydrogen-bond donors (Lipinski definition) is 1. The maximum absolute atomic E-state index is 11.5. The van der Waals surface area contributed by atoms with Crippen molar-refractivity contribution in [2.75, 3.05) is 20.6 Å². The molecule has 1 amide bonds. The Morgan fingerprint density at radius 3 is 2.88 bits per heavy atom. The standard InChI is InChI=1S/C13H20N2OS/c1-15(2)12(16)7-8-14-13(10-5-6-10)11-4-3-9-17-11/h3-4,9-10,13-14H,5-8H2,1-2H3. The van der Waals surface area contributed by atoms with Crippen LogP contribution < -0.4 is 5.32 Å². The van der Waals surface area contributed by atoms with Gasteiger partial charge in [-0.05, 0) is 30.2 Å². The lowest BCUT2D eigenvalue weighted by Crippen LogP contribution is -2.29. The third-order valence-corrected chi connectivity index (χ3v) is 4.10. The smallest absolute Gasteiger partial charge is 0.223 e. The van der Waals surface area contributed by atoms with Crippen LogP contribution in [0.1, 0.15) is 30.2 Å². The Balaban J connectivity index is 1.81. The maximum atomic E-state index is 11.5. The van der Waals surface area contributed by atoms with Crippen LogP contribution in [0.2, 0.25) is 0 Å². The van der Waals surface area contributed by atoms with Gasteiger partial charge < -0.3 is 10.2 Å². The van der Waals surface area contributed by atoms with E-state index in [1.54, 1.807) is 30.3 Å². The average molecular weight is 252 g/mol. The molecule has 1 aromatic heterocycles. The van der Waals surface area contributed by atoms with Crippen LogP contribution in [0.15, 0.2) is 17.5 Å². The first kappa shape index (κ1) is 12.6. The molecule has 94 valence electrons. The average Bonchev–Trinajstić information content (AvgIpc) is 2.99. The summed E-state index contributed by atoms with van der Waals surface area (Å²) in [5, 5.41) is 5.66. The van der Waals surface area contributed by atoms with Gasteiger partial charge in [-0.25, -0.2) is 0 Å². The van der Waals surface area contributed by atoms with Gasteiger partial charge in [-0.15, -0.1) is 11.3 Å². The molecule has 1 aromatic rings. The number of thiophene rings is 1. The number of nitrogens with one attached hydrogen (secondary N) is 1. The number of carbonyl (C=O) groups is 1. The summed E-state index contributed by atoms with van der Waals surface area (Å²) in [4.78, 5) is 14.5. The van der Waals surface area contributed by atoms with E-state index in [-0.39, 0.29) is 5.91 Å². The maximum Gasteiger partial charge on any atom is 0.223 e. The highest BCUT2D eigenvalue weighted by Gasteiger charge is 2.32. The Morgan fingerprint density at radius 1 is 1.59 bits per heavy atom. The fraction of sp³-hybridized carbons (Fsp3) is 0.615. The van der Waals surface area contributed by atoms with E-state index in [4.69, 9.17) is 0 Å². The van der Waals surface area contributed by atoms with Crippen molar-refractivity contribution in [2.24, 2.45) is 5.92 Å². The molecular weight excluding hydrogens is 232 g/mol. The fourth-order valence-corrected chi connectivity index (χ4v) is 2.85. The van der Waals surface area contributed by atoms with E-state index < -0.39 is 0 Å². The largest absolute Gasteiger partial charge is 0.349 e. The minimum Gasteiger partial charge on any atom is -0.349 e. The SMILES string of the molecule is CN(C)C(=O)CCNC(c1cccs1)C1CC1. The van der Waals surface area contributed by atoms with Gasteiger partial charge in [-0.2, -0.15) is 0 Å². The molecule has 1 unspecified atom stereocenters. The highest BCUT2D eigenvalue weighted by Crippen LogP contribution is 2.42. The molecule has 17 heavy (non-hydrogen) atoms. The van der Waals surface area contributed by atoms with Crippen LogP contribution in [0.4, 0.5) is 0 Å². The number of amides is 1. The minimum atomic E-state index is 0.193. The monoisotopic (exact) mass is 252 g/mol. The van der Waals surface area contributed by atoms with Gasteiger partial charge in [0.25, 0.3) is 0 Å². The Kier molecular flexibility index (Phi) is 4.18. The first-order valence-corrected chi connectivity index (χ1v) is 7.03. The van der Waals surface area contributed by atoms with Crippen molar-refractivity contribution in [1.82, 2.24) is 10.2 Å². The zero-order valence-electron chi connectivity index (χ0n) is 10.5. The molecule has 1 saturated carbocycles. The zero-order chi connectivity index (χ0) is 12.3. The Morgan fingerprint density at radius 2 is 2.35 bits per heavy atom. The van der Waals surface area contributed by atoms with Crippen LogP contribution in [0.5, 0.6) is 0 Å². The van der Waals surface area contributed by atoms with E-state index in [1.165, 1.54) is 17.7 Å². The van der Waals surface area contributed by atoms with Gasteiger partial charge in [0.15, 0.2) is 0 Å². The third kappa shape index (κ3) is 3.54. The molecule has 1 atom stereocenters. The van der Waals surface area contributed by atoms with Gasteiger partial charge in [0, 0.05) is 38.0 Å². The van der Waals surface area contributed by atoms with Crippen LogP contribution in [0.25, 0.3) is 0 Å². The molecule has 0 radical (unpaired) electrons. The molecule has 0 aliphatic heterocycles. The number of carbonyl (C=O) groups excluding carboxylic acids is 1. The normalized spacial score (nSPS) is 16.8. The van der Waals surface area contributed by atoms with Crippen molar-refractivity contribution in [3.63, 3.8) is 0 Å². The molecule has 1 N–H and O–H groups in total. The van der Waals surface area contributed by atoms with Gasteiger partial charge in [0.05, 0.1) is 0 Å². The molecule has 1 aliphatic carbocycles. The Hall–Kier alpha value is -0.870. The van der Waals surface area contributed by atoms with Crippen LogP contribution in [0, 0.1) is 5.92 Å². The number of nitrogens with zero attached hydrogens (tertiary/aromatic N) is 1. The molecule has 1 aliphatic rings. The van der Waals surface area contributed by atoms with Gasteiger partial charge in [0.2, 0.25) is 5.91 Å². The second-order valence-corrected chi connectivity index (χ2v) is 5.80. The molecule has 4 heteroatoms. The lowest BCUT2D eigenvalue weighted by atomic mass is 10.1. The van der Waals surface area contributed by atoms with Crippen LogP contribution in [-0.4, -0.2) is 31.4 Å². The summed E-state index contributed by atoms with van der Waals surface area (Å²) in [5.41, 5.74) is 0. The molecule has 1 heterocycles. The van der Waals surface area contributed by atoms with Crippen molar-refractivity contribution in [3.8, 4) is 0 Å².